The van der Waals surface area contributed by atoms with E-state index in [0.717, 1.165) is 16.7 Å². The Morgan fingerprint density at radius 2 is 2.03 bits per heavy atom. The highest BCUT2D eigenvalue weighted by Crippen LogP contribution is 2.30. The molecule has 9 heteroatoms. The first-order valence-corrected chi connectivity index (χ1v) is 10.6. The Balaban J connectivity index is 1.53. The summed E-state index contributed by atoms with van der Waals surface area (Å²) in [5.41, 5.74) is 4.62. The molecule has 0 spiro atoms. The van der Waals surface area contributed by atoms with Gasteiger partial charge in [0.15, 0.2) is 0 Å². The Labute approximate surface area is 193 Å². The molecule has 0 unspecified atom stereocenters. The molecule has 1 aliphatic rings. The number of imidazole rings is 1. The molecular weight excluding hydrogens is 436 g/mol. The maximum atomic E-state index is 11.8. The van der Waals surface area contributed by atoms with Crippen LogP contribution in [0.5, 0.6) is 6.01 Å². The van der Waals surface area contributed by atoms with E-state index in [1.165, 1.54) is 0 Å². The third-order valence-electron chi connectivity index (χ3n) is 5.40. The summed E-state index contributed by atoms with van der Waals surface area (Å²) in [6.07, 6.45) is 8.39. The number of allylic oxidation sites excluding steroid dienone is 6. The first kappa shape index (κ1) is 21.1. The number of benzene rings is 2. The Morgan fingerprint density at radius 3 is 2.74 bits per heavy atom. The summed E-state index contributed by atoms with van der Waals surface area (Å²) in [7, 11) is 0. The SMILES string of the molecule is CCOc1nc2cccc(C(=O)O)c2n1Cc1ccc(C2=C(c3noc(=O)[nH]3)C=[C+]C=C2)cc1. The van der Waals surface area contributed by atoms with Gasteiger partial charge in [-0.25, -0.2) is 9.59 Å². The number of nitrogens with one attached hydrogen (secondary N) is 1. The van der Waals surface area contributed by atoms with E-state index in [1.807, 2.05) is 37.3 Å². The molecule has 168 valence electrons. The maximum absolute atomic E-state index is 11.8. The molecule has 0 aliphatic heterocycles. The molecule has 1 aliphatic carbocycles. The number of para-hydroxylation sites is 1. The first-order valence-electron chi connectivity index (χ1n) is 10.6. The molecule has 0 saturated carbocycles. The van der Waals surface area contributed by atoms with Gasteiger partial charge < -0.3 is 9.84 Å². The van der Waals surface area contributed by atoms with Gasteiger partial charge in [-0.15, -0.1) is 0 Å². The zero-order valence-corrected chi connectivity index (χ0v) is 18.1. The second-order valence-electron chi connectivity index (χ2n) is 7.50. The van der Waals surface area contributed by atoms with Crippen LogP contribution in [0.1, 0.15) is 34.2 Å². The van der Waals surface area contributed by atoms with Crippen LogP contribution in [0.3, 0.4) is 0 Å². The summed E-state index contributed by atoms with van der Waals surface area (Å²) >= 11 is 0. The van der Waals surface area contributed by atoms with E-state index in [1.54, 1.807) is 34.9 Å². The molecule has 2 heterocycles. The van der Waals surface area contributed by atoms with Crippen LogP contribution in [0.2, 0.25) is 0 Å². The summed E-state index contributed by atoms with van der Waals surface area (Å²) in [6.45, 7) is 2.64. The van der Waals surface area contributed by atoms with Crippen molar-refractivity contribution in [2.45, 2.75) is 13.5 Å². The van der Waals surface area contributed by atoms with Gasteiger partial charge in [0.05, 0.1) is 35.8 Å². The fourth-order valence-electron chi connectivity index (χ4n) is 3.92. The quantitative estimate of drug-likeness (QED) is 0.407. The lowest BCUT2D eigenvalue weighted by Gasteiger charge is -2.11. The van der Waals surface area contributed by atoms with Crippen LogP contribution in [-0.4, -0.2) is 37.4 Å². The van der Waals surface area contributed by atoms with E-state index in [9.17, 15) is 14.7 Å². The van der Waals surface area contributed by atoms with E-state index in [2.05, 4.69) is 25.7 Å². The van der Waals surface area contributed by atoms with Gasteiger partial charge in [-0.1, -0.05) is 30.3 Å². The molecule has 0 bridgehead atoms. The number of carboxylic acid groups (broad SMARTS) is 1. The average molecular weight is 455 g/mol. The third-order valence-corrected chi connectivity index (χ3v) is 5.40. The van der Waals surface area contributed by atoms with Crippen molar-refractivity contribution in [3.05, 3.63) is 99.8 Å². The number of aromatic carboxylic acids is 1. The van der Waals surface area contributed by atoms with E-state index < -0.39 is 11.7 Å². The Morgan fingerprint density at radius 1 is 1.21 bits per heavy atom. The van der Waals surface area contributed by atoms with Gasteiger partial charge >= 0.3 is 11.7 Å². The van der Waals surface area contributed by atoms with Crippen LogP contribution in [0, 0.1) is 6.08 Å². The van der Waals surface area contributed by atoms with Crippen molar-refractivity contribution >= 4 is 28.1 Å². The number of aromatic nitrogens is 4. The van der Waals surface area contributed by atoms with E-state index in [4.69, 9.17) is 4.74 Å². The number of carbonyl (C=O) groups is 1. The monoisotopic (exact) mass is 455 g/mol. The van der Waals surface area contributed by atoms with E-state index >= 15 is 0 Å². The third kappa shape index (κ3) is 3.80. The number of rotatable bonds is 7. The van der Waals surface area contributed by atoms with Gasteiger partial charge in [-0.3, -0.25) is 14.1 Å². The van der Waals surface area contributed by atoms with Gasteiger partial charge in [0.2, 0.25) is 5.82 Å². The molecule has 2 aromatic carbocycles. The second kappa shape index (κ2) is 8.65. The zero-order chi connectivity index (χ0) is 23.7. The Bertz CT molecular complexity index is 1530. The van der Waals surface area contributed by atoms with Crippen molar-refractivity contribution in [1.82, 2.24) is 19.7 Å². The van der Waals surface area contributed by atoms with Crippen molar-refractivity contribution in [3.8, 4) is 6.01 Å². The Kier molecular flexibility index (Phi) is 5.37. The smallest absolute Gasteiger partial charge is 0.440 e. The normalized spacial score (nSPS) is 12.9. The number of nitrogens with zero attached hydrogens (tertiary/aromatic N) is 3. The number of fused-ring (bicyclic) bond motifs is 1. The number of carboxylic acids is 1. The average Bonchev–Trinajstić information content (AvgIpc) is 3.43. The summed E-state index contributed by atoms with van der Waals surface area (Å²) < 4.78 is 12.1. The van der Waals surface area contributed by atoms with Crippen molar-refractivity contribution in [2.24, 2.45) is 0 Å². The van der Waals surface area contributed by atoms with Crippen LogP contribution >= 0.6 is 0 Å². The molecule has 0 fully saturated rings. The van der Waals surface area contributed by atoms with Crippen LogP contribution in [0.25, 0.3) is 22.2 Å². The van der Waals surface area contributed by atoms with E-state index in [0.29, 0.717) is 41.6 Å². The van der Waals surface area contributed by atoms with Crippen LogP contribution in [0.15, 0.2) is 70.0 Å². The summed E-state index contributed by atoms with van der Waals surface area (Å²) in [6, 6.07) is 13.2. The van der Waals surface area contributed by atoms with Gasteiger partial charge in [0.1, 0.15) is 23.3 Å². The molecule has 0 atom stereocenters. The molecule has 0 saturated heterocycles. The van der Waals surface area contributed by atoms with Crippen LogP contribution in [-0.2, 0) is 6.54 Å². The first-order chi connectivity index (χ1) is 16.5. The van der Waals surface area contributed by atoms with Crippen molar-refractivity contribution in [1.29, 1.82) is 0 Å². The number of H-pyrrole nitrogens is 1. The highest BCUT2D eigenvalue weighted by Gasteiger charge is 2.22. The topological polar surface area (TPSA) is 123 Å². The highest BCUT2D eigenvalue weighted by molar-refractivity contribution is 6.01. The fraction of sp³-hybridized carbons (Fsp3) is 0.120. The predicted molar refractivity (Wildman–Crippen MR) is 124 cm³/mol. The largest absolute Gasteiger partial charge is 0.478 e. The Hall–Kier alpha value is -4.75. The number of aromatic amines is 1. The lowest BCUT2D eigenvalue weighted by atomic mass is 9.95. The molecule has 2 N–H and O–H groups in total. The molecule has 5 rings (SSSR count). The molecule has 2 aromatic heterocycles. The number of hydrogen-bond donors (Lipinski definition) is 2. The molecule has 0 amide bonds. The minimum Gasteiger partial charge on any atom is -0.478 e. The molecule has 34 heavy (non-hydrogen) atoms. The predicted octanol–water partition coefficient (Wildman–Crippen LogP) is 3.70. The van der Waals surface area contributed by atoms with Gasteiger partial charge in [0, 0.05) is 11.6 Å². The van der Waals surface area contributed by atoms with Gasteiger partial charge in [-0.2, -0.15) is 4.98 Å². The maximum Gasteiger partial charge on any atom is 0.440 e. The molecule has 0 radical (unpaired) electrons. The highest BCUT2D eigenvalue weighted by atomic mass is 16.5. The van der Waals surface area contributed by atoms with Gasteiger partial charge in [-0.05, 0) is 29.8 Å². The summed E-state index contributed by atoms with van der Waals surface area (Å²) in [5.74, 6) is -1.32. The van der Waals surface area contributed by atoms with Crippen molar-refractivity contribution in [2.75, 3.05) is 6.61 Å². The van der Waals surface area contributed by atoms with Crippen LogP contribution < -0.4 is 10.5 Å². The number of ether oxygens (including phenoxy) is 1. The molecular formula is C25H19N4O5+. The second-order valence-corrected chi connectivity index (χ2v) is 7.50. The minimum absolute atomic E-state index is 0.166. The standard InChI is InChI=1S/C25H18N4O5/c1-2-33-24-26-20-9-5-8-19(23(30)31)21(20)29(24)14-15-10-12-16(13-11-15)17-6-3-4-7-18(17)22-27-25(32)34-28-22/h3,5-13H,2,14H2,1H3,(H-,27,28,30,31,32)/p+1. The summed E-state index contributed by atoms with van der Waals surface area (Å²) in [5, 5.41) is 13.5. The lowest BCUT2D eigenvalue weighted by molar-refractivity contribution is 0.0698. The number of hydrogen-bond acceptors (Lipinski definition) is 6. The lowest BCUT2D eigenvalue weighted by Crippen LogP contribution is -2.08. The van der Waals surface area contributed by atoms with Gasteiger partial charge in [0.25, 0.3) is 6.01 Å². The summed E-state index contributed by atoms with van der Waals surface area (Å²) in [4.78, 5) is 30.3. The fourth-order valence-corrected chi connectivity index (χ4v) is 3.92. The van der Waals surface area contributed by atoms with Crippen molar-refractivity contribution in [3.63, 3.8) is 0 Å². The van der Waals surface area contributed by atoms with Crippen molar-refractivity contribution < 1.29 is 19.2 Å². The zero-order valence-electron chi connectivity index (χ0n) is 18.1. The van der Waals surface area contributed by atoms with E-state index in [-0.39, 0.29) is 5.56 Å². The molecule has 4 aromatic rings. The van der Waals surface area contributed by atoms with Crippen LogP contribution in [0.4, 0.5) is 0 Å². The minimum atomic E-state index is -1.02. The molecule has 9 nitrogen and oxygen atoms in total.